The minimum atomic E-state index is -4.72. The number of ether oxygens (including phenoxy) is 2. The van der Waals surface area contributed by atoms with E-state index in [1.165, 1.54) is 12.1 Å². The molecule has 4 aromatic rings. The minimum Gasteiger partial charge on any atom is -0.473 e. The van der Waals surface area contributed by atoms with Crippen LogP contribution >= 0.6 is 0 Å². The molecule has 0 amide bonds. The molecule has 0 saturated heterocycles. The van der Waals surface area contributed by atoms with E-state index in [0.29, 0.717) is 30.0 Å². The van der Waals surface area contributed by atoms with E-state index in [1.54, 1.807) is 35.1 Å². The van der Waals surface area contributed by atoms with Crippen LogP contribution in [0.5, 0.6) is 11.6 Å². The maximum absolute atomic E-state index is 12.3. The van der Waals surface area contributed by atoms with Gasteiger partial charge < -0.3 is 14.0 Å². The van der Waals surface area contributed by atoms with Crippen LogP contribution in [0.3, 0.4) is 0 Å². The molecule has 0 N–H and O–H groups in total. The van der Waals surface area contributed by atoms with Crippen LogP contribution in [0.4, 0.5) is 13.2 Å². The van der Waals surface area contributed by atoms with Crippen LogP contribution in [0.1, 0.15) is 0 Å². The summed E-state index contributed by atoms with van der Waals surface area (Å²) in [6.45, 7) is 0.915. The highest BCUT2D eigenvalue weighted by atomic mass is 19.4. The first kappa shape index (κ1) is 17.9. The van der Waals surface area contributed by atoms with Gasteiger partial charge in [-0.15, -0.1) is 13.2 Å². The molecule has 0 bridgehead atoms. The molecule has 144 valence electrons. The molecule has 2 aromatic carbocycles. The van der Waals surface area contributed by atoms with Gasteiger partial charge in [-0.05, 0) is 46.6 Å². The van der Waals surface area contributed by atoms with E-state index < -0.39 is 6.36 Å². The summed E-state index contributed by atoms with van der Waals surface area (Å²) in [5.74, 6) is 0.0750. The van der Waals surface area contributed by atoms with Crippen molar-refractivity contribution in [2.75, 3.05) is 6.61 Å². The van der Waals surface area contributed by atoms with Gasteiger partial charge in [-0.3, -0.25) is 4.68 Å². The zero-order valence-corrected chi connectivity index (χ0v) is 14.4. The van der Waals surface area contributed by atoms with Crippen molar-refractivity contribution < 1.29 is 27.2 Å². The Morgan fingerprint density at radius 3 is 2.54 bits per heavy atom. The van der Waals surface area contributed by atoms with Gasteiger partial charge in [0.05, 0.1) is 11.9 Å². The lowest BCUT2D eigenvalue weighted by atomic mass is 10.0. The van der Waals surface area contributed by atoms with Crippen LogP contribution in [-0.2, 0) is 6.54 Å². The van der Waals surface area contributed by atoms with Gasteiger partial charge in [0, 0.05) is 12.4 Å². The van der Waals surface area contributed by atoms with Crippen molar-refractivity contribution in [2.45, 2.75) is 12.9 Å². The second kappa shape index (κ2) is 7.26. The Balaban J connectivity index is 1.52. The Labute approximate surface area is 157 Å². The van der Waals surface area contributed by atoms with Gasteiger partial charge in [0.15, 0.2) is 5.58 Å². The molecule has 2 aromatic heterocycles. The second-order valence-electron chi connectivity index (χ2n) is 5.89. The first-order valence-corrected chi connectivity index (χ1v) is 8.34. The van der Waals surface area contributed by atoms with Gasteiger partial charge in [0.1, 0.15) is 12.4 Å². The SMILES string of the molecule is FC(F)(F)Oc1ccc(-c2ccc3onc(OCCn4cccn4)c3c2)cc1. The third-order valence-electron chi connectivity index (χ3n) is 3.98. The van der Waals surface area contributed by atoms with Gasteiger partial charge in [0.25, 0.3) is 5.88 Å². The number of hydrogen-bond acceptors (Lipinski definition) is 5. The van der Waals surface area contributed by atoms with Crippen molar-refractivity contribution in [3.05, 3.63) is 60.9 Å². The average Bonchev–Trinajstić information content (AvgIpc) is 3.31. The van der Waals surface area contributed by atoms with Crippen LogP contribution in [0.2, 0.25) is 0 Å². The predicted octanol–water partition coefficient (Wildman–Crippen LogP) is 4.67. The molecule has 6 nitrogen and oxygen atoms in total. The molecule has 2 heterocycles. The van der Waals surface area contributed by atoms with Crippen molar-refractivity contribution >= 4 is 11.0 Å². The molecule has 4 rings (SSSR count). The van der Waals surface area contributed by atoms with Crippen molar-refractivity contribution in [1.29, 1.82) is 0 Å². The molecule has 0 aliphatic rings. The van der Waals surface area contributed by atoms with E-state index >= 15 is 0 Å². The predicted molar refractivity (Wildman–Crippen MR) is 93.9 cm³/mol. The number of nitrogens with zero attached hydrogens (tertiary/aromatic N) is 3. The van der Waals surface area contributed by atoms with Crippen molar-refractivity contribution in [3.8, 4) is 22.8 Å². The first-order chi connectivity index (χ1) is 13.5. The number of benzene rings is 2. The van der Waals surface area contributed by atoms with Gasteiger partial charge in [-0.25, -0.2) is 0 Å². The zero-order valence-electron chi connectivity index (χ0n) is 14.4. The topological polar surface area (TPSA) is 62.3 Å². The van der Waals surface area contributed by atoms with Crippen molar-refractivity contribution in [2.24, 2.45) is 0 Å². The van der Waals surface area contributed by atoms with Crippen LogP contribution in [0, 0.1) is 0 Å². The molecule has 0 spiro atoms. The summed E-state index contributed by atoms with van der Waals surface area (Å²) in [7, 11) is 0. The molecule has 0 radical (unpaired) electrons. The van der Waals surface area contributed by atoms with Crippen LogP contribution in [-0.4, -0.2) is 27.9 Å². The molecule has 0 aliphatic carbocycles. The molecule has 0 aliphatic heterocycles. The molecule has 0 fully saturated rings. The Bertz CT molecular complexity index is 1060. The fourth-order valence-corrected chi connectivity index (χ4v) is 2.72. The Hall–Kier alpha value is -3.49. The van der Waals surface area contributed by atoms with E-state index in [9.17, 15) is 13.2 Å². The van der Waals surface area contributed by atoms with Gasteiger partial charge in [0.2, 0.25) is 0 Å². The fourth-order valence-electron chi connectivity index (χ4n) is 2.72. The number of halogens is 3. The van der Waals surface area contributed by atoms with Crippen LogP contribution < -0.4 is 9.47 Å². The number of hydrogen-bond donors (Lipinski definition) is 0. The summed E-state index contributed by atoms with van der Waals surface area (Å²) in [6, 6.07) is 12.8. The molecule has 0 saturated carbocycles. The second-order valence-corrected chi connectivity index (χ2v) is 5.89. The molecule has 0 atom stereocenters. The molecule has 9 heteroatoms. The third kappa shape index (κ3) is 4.08. The maximum atomic E-state index is 12.3. The quantitative estimate of drug-likeness (QED) is 0.480. The lowest BCUT2D eigenvalue weighted by molar-refractivity contribution is -0.274. The Morgan fingerprint density at radius 2 is 1.82 bits per heavy atom. The Morgan fingerprint density at radius 1 is 1.04 bits per heavy atom. The third-order valence-corrected chi connectivity index (χ3v) is 3.98. The lowest BCUT2D eigenvalue weighted by Crippen LogP contribution is -2.16. The van der Waals surface area contributed by atoms with E-state index in [0.717, 1.165) is 11.1 Å². The van der Waals surface area contributed by atoms with Crippen LogP contribution in [0.25, 0.3) is 22.1 Å². The van der Waals surface area contributed by atoms with E-state index in [2.05, 4.69) is 15.0 Å². The summed E-state index contributed by atoms with van der Waals surface area (Å²) in [6.07, 6.45) is -1.21. The monoisotopic (exact) mass is 389 g/mol. The molecular formula is C19H14F3N3O3. The summed E-state index contributed by atoms with van der Waals surface area (Å²) in [4.78, 5) is 0. The highest BCUT2D eigenvalue weighted by Crippen LogP contribution is 2.31. The van der Waals surface area contributed by atoms with Crippen LogP contribution in [0.15, 0.2) is 65.4 Å². The fraction of sp³-hybridized carbons (Fsp3) is 0.158. The first-order valence-electron chi connectivity index (χ1n) is 8.34. The zero-order chi connectivity index (χ0) is 19.6. The summed E-state index contributed by atoms with van der Waals surface area (Å²) in [5, 5.41) is 8.70. The maximum Gasteiger partial charge on any atom is 0.573 e. The van der Waals surface area contributed by atoms with Gasteiger partial charge >= 0.3 is 6.36 Å². The summed E-state index contributed by atoms with van der Waals surface area (Å²) < 4.78 is 53.4. The summed E-state index contributed by atoms with van der Waals surface area (Å²) in [5.41, 5.74) is 2.06. The lowest BCUT2D eigenvalue weighted by Gasteiger charge is -2.09. The Kier molecular flexibility index (Phi) is 4.64. The number of alkyl halides is 3. The van der Waals surface area contributed by atoms with Crippen molar-refractivity contribution in [3.63, 3.8) is 0 Å². The minimum absolute atomic E-state index is 0.273. The average molecular weight is 389 g/mol. The smallest absolute Gasteiger partial charge is 0.473 e. The number of aromatic nitrogens is 3. The van der Waals surface area contributed by atoms with Crippen molar-refractivity contribution in [1.82, 2.24) is 14.9 Å². The standard InChI is InChI=1S/C19H14F3N3O3/c20-19(21,22)27-15-5-2-13(3-6-15)14-4-7-17-16(12-14)18(24-28-17)26-11-10-25-9-1-8-23-25/h1-9,12H,10-11H2. The normalized spacial score (nSPS) is 11.7. The highest BCUT2D eigenvalue weighted by molar-refractivity contribution is 5.87. The highest BCUT2D eigenvalue weighted by Gasteiger charge is 2.30. The largest absolute Gasteiger partial charge is 0.573 e. The number of fused-ring (bicyclic) bond motifs is 1. The van der Waals surface area contributed by atoms with E-state index in [1.807, 2.05) is 18.3 Å². The summed E-state index contributed by atoms with van der Waals surface area (Å²) >= 11 is 0. The van der Waals surface area contributed by atoms with E-state index in [-0.39, 0.29) is 5.75 Å². The molecular weight excluding hydrogens is 375 g/mol. The van der Waals surface area contributed by atoms with Gasteiger partial charge in [-0.1, -0.05) is 18.2 Å². The molecule has 0 unspecified atom stereocenters. The van der Waals surface area contributed by atoms with Gasteiger partial charge in [-0.2, -0.15) is 5.10 Å². The molecule has 28 heavy (non-hydrogen) atoms. The van der Waals surface area contributed by atoms with E-state index in [4.69, 9.17) is 9.26 Å². The number of rotatable bonds is 6.